The zero-order valence-corrected chi connectivity index (χ0v) is 9.39. The van der Waals surface area contributed by atoms with Gasteiger partial charge >= 0.3 is 0 Å². The molecule has 0 aliphatic carbocycles. The van der Waals surface area contributed by atoms with Crippen molar-refractivity contribution in [1.82, 2.24) is 0 Å². The van der Waals surface area contributed by atoms with Crippen molar-refractivity contribution in [3.8, 4) is 5.75 Å². The third-order valence-electron chi connectivity index (χ3n) is 1.26. The van der Waals surface area contributed by atoms with Crippen LogP contribution in [0.25, 0.3) is 0 Å². The SMILES string of the molecule is COc1ccc(C)cc1.[Zn]. The van der Waals surface area contributed by atoms with Crippen LogP contribution in [-0.4, -0.2) is 7.11 Å². The molecule has 0 unspecified atom stereocenters. The van der Waals surface area contributed by atoms with Crippen LogP contribution in [-0.2, 0) is 19.5 Å². The molecular formula is C8H10OZn. The van der Waals surface area contributed by atoms with Gasteiger partial charge in [-0.25, -0.2) is 0 Å². The zero-order chi connectivity index (χ0) is 6.69. The Labute approximate surface area is 74.2 Å². The molecule has 0 fully saturated rings. The molecule has 0 aliphatic rings. The summed E-state index contributed by atoms with van der Waals surface area (Å²) >= 11 is 0. The maximum absolute atomic E-state index is 4.97. The van der Waals surface area contributed by atoms with Crippen molar-refractivity contribution >= 4 is 0 Å². The van der Waals surface area contributed by atoms with Crippen molar-refractivity contribution in [3.05, 3.63) is 29.8 Å². The molecule has 2 heteroatoms. The average molecular weight is 188 g/mol. The van der Waals surface area contributed by atoms with Gasteiger partial charge in [0, 0.05) is 19.5 Å². The second-order valence-electron chi connectivity index (χ2n) is 2.02. The van der Waals surface area contributed by atoms with E-state index in [2.05, 4.69) is 6.92 Å². The van der Waals surface area contributed by atoms with Crippen LogP contribution >= 0.6 is 0 Å². The molecular weight excluding hydrogens is 177 g/mol. The van der Waals surface area contributed by atoms with Crippen LogP contribution in [0.1, 0.15) is 5.56 Å². The fourth-order valence-corrected chi connectivity index (χ4v) is 0.674. The van der Waals surface area contributed by atoms with Gasteiger partial charge in [0.25, 0.3) is 0 Å². The van der Waals surface area contributed by atoms with E-state index < -0.39 is 0 Å². The quantitative estimate of drug-likeness (QED) is 0.611. The third kappa shape index (κ3) is 2.49. The molecule has 0 N–H and O–H groups in total. The first-order valence-corrected chi connectivity index (χ1v) is 2.93. The third-order valence-corrected chi connectivity index (χ3v) is 1.26. The summed E-state index contributed by atoms with van der Waals surface area (Å²) in [6.07, 6.45) is 0. The van der Waals surface area contributed by atoms with Crippen LogP contribution in [0.15, 0.2) is 24.3 Å². The van der Waals surface area contributed by atoms with Crippen molar-refractivity contribution in [3.63, 3.8) is 0 Å². The maximum atomic E-state index is 4.97. The molecule has 0 bridgehead atoms. The zero-order valence-electron chi connectivity index (χ0n) is 6.42. The second kappa shape index (κ2) is 4.46. The van der Waals surface area contributed by atoms with E-state index in [1.54, 1.807) is 7.11 Å². The van der Waals surface area contributed by atoms with Gasteiger partial charge in [-0.2, -0.15) is 0 Å². The van der Waals surface area contributed by atoms with E-state index in [9.17, 15) is 0 Å². The molecule has 0 amide bonds. The molecule has 1 rings (SSSR count). The summed E-state index contributed by atoms with van der Waals surface area (Å²) in [6, 6.07) is 7.96. The summed E-state index contributed by atoms with van der Waals surface area (Å²) in [5, 5.41) is 0. The molecule has 1 aromatic carbocycles. The Kier molecular flexibility index (Phi) is 4.30. The Bertz CT molecular complexity index is 181. The van der Waals surface area contributed by atoms with Crippen LogP contribution in [0.2, 0.25) is 0 Å². The van der Waals surface area contributed by atoms with E-state index in [-0.39, 0.29) is 19.5 Å². The van der Waals surface area contributed by atoms with Gasteiger partial charge in [-0.05, 0) is 19.1 Å². The summed E-state index contributed by atoms with van der Waals surface area (Å²) in [5.74, 6) is 0.917. The number of ether oxygens (including phenoxy) is 1. The largest absolute Gasteiger partial charge is 0.497 e. The maximum Gasteiger partial charge on any atom is 0.118 e. The summed E-state index contributed by atoms with van der Waals surface area (Å²) in [5.41, 5.74) is 1.26. The first-order chi connectivity index (χ1) is 4.33. The first kappa shape index (κ1) is 9.64. The molecule has 0 saturated carbocycles. The molecule has 0 atom stereocenters. The second-order valence-corrected chi connectivity index (χ2v) is 2.02. The summed E-state index contributed by atoms with van der Waals surface area (Å²) < 4.78 is 4.97. The predicted octanol–water partition coefficient (Wildman–Crippen LogP) is 2.00. The molecule has 1 nitrogen and oxygen atoms in total. The average Bonchev–Trinajstić information content (AvgIpc) is 1.90. The molecule has 1 aromatic rings. The van der Waals surface area contributed by atoms with Crippen molar-refractivity contribution < 1.29 is 24.2 Å². The number of hydrogen-bond donors (Lipinski definition) is 0. The standard InChI is InChI=1S/C8H10O.Zn/c1-7-3-5-8(9-2)6-4-7;/h3-6H,1-2H3;. The molecule has 50 valence electrons. The minimum atomic E-state index is 0. The fourth-order valence-electron chi connectivity index (χ4n) is 0.674. The summed E-state index contributed by atoms with van der Waals surface area (Å²) in [4.78, 5) is 0. The molecule has 0 spiro atoms. The van der Waals surface area contributed by atoms with Gasteiger partial charge in [0.15, 0.2) is 0 Å². The minimum absolute atomic E-state index is 0. The van der Waals surface area contributed by atoms with Gasteiger partial charge in [0.05, 0.1) is 7.11 Å². The van der Waals surface area contributed by atoms with Gasteiger partial charge < -0.3 is 4.74 Å². The van der Waals surface area contributed by atoms with Gasteiger partial charge in [-0.1, -0.05) is 17.7 Å². The first-order valence-electron chi connectivity index (χ1n) is 2.93. The summed E-state index contributed by atoms with van der Waals surface area (Å²) in [6.45, 7) is 2.06. The van der Waals surface area contributed by atoms with Crippen LogP contribution in [0, 0.1) is 6.92 Å². The molecule has 0 aromatic heterocycles. The van der Waals surface area contributed by atoms with E-state index >= 15 is 0 Å². The smallest absolute Gasteiger partial charge is 0.118 e. The Balaban J connectivity index is 0.000000810. The number of benzene rings is 1. The number of methoxy groups -OCH3 is 1. The molecule has 0 radical (unpaired) electrons. The van der Waals surface area contributed by atoms with Crippen molar-refractivity contribution in [2.45, 2.75) is 6.92 Å². The molecule has 0 saturated heterocycles. The van der Waals surface area contributed by atoms with E-state index in [0.29, 0.717) is 0 Å². The monoisotopic (exact) mass is 186 g/mol. The van der Waals surface area contributed by atoms with Crippen LogP contribution in [0.5, 0.6) is 5.75 Å². The van der Waals surface area contributed by atoms with Gasteiger partial charge in [-0.3, -0.25) is 0 Å². The Morgan fingerprint density at radius 2 is 1.60 bits per heavy atom. The van der Waals surface area contributed by atoms with E-state index in [0.717, 1.165) is 5.75 Å². The van der Waals surface area contributed by atoms with Crippen molar-refractivity contribution in [2.24, 2.45) is 0 Å². The number of rotatable bonds is 1. The molecule has 0 heterocycles. The number of aryl methyl sites for hydroxylation is 1. The van der Waals surface area contributed by atoms with Crippen LogP contribution in [0.4, 0.5) is 0 Å². The summed E-state index contributed by atoms with van der Waals surface area (Å²) in [7, 11) is 1.67. The molecule has 0 aliphatic heterocycles. The van der Waals surface area contributed by atoms with E-state index in [1.165, 1.54) is 5.56 Å². The minimum Gasteiger partial charge on any atom is -0.497 e. The fraction of sp³-hybridized carbons (Fsp3) is 0.250. The van der Waals surface area contributed by atoms with Gasteiger partial charge in [0.1, 0.15) is 5.75 Å². The Morgan fingerprint density at radius 1 is 1.10 bits per heavy atom. The van der Waals surface area contributed by atoms with Gasteiger partial charge in [-0.15, -0.1) is 0 Å². The Hall–Kier alpha value is -0.357. The van der Waals surface area contributed by atoms with E-state index in [4.69, 9.17) is 4.74 Å². The Morgan fingerprint density at radius 3 is 2.00 bits per heavy atom. The van der Waals surface area contributed by atoms with Crippen molar-refractivity contribution in [1.29, 1.82) is 0 Å². The topological polar surface area (TPSA) is 9.23 Å². The molecule has 10 heavy (non-hydrogen) atoms. The normalized spacial score (nSPS) is 8.20. The van der Waals surface area contributed by atoms with E-state index in [1.807, 2.05) is 24.3 Å². The predicted molar refractivity (Wildman–Crippen MR) is 37.7 cm³/mol. The van der Waals surface area contributed by atoms with Crippen molar-refractivity contribution in [2.75, 3.05) is 7.11 Å². The van der Waals surface area contributed by atoms with Crippen LogP contribution < -0.4 is 4.74 Å². The number of hydrogen-bond acceptors (Lipinski definition) is 1. The van der Waals surface area contributed by atoms with Crippen LogP contribution in [0.3, 0.4) is 0 Å². The van der Waals surface area contributed by atoms with Gasteiger partial charge in [0.2, 0.25) is 0 Å².